The van der Waals surface area contributed by atoms with Crippen LogP contribution in [-0.2, 0) is 0 Å². The van der Waals surface area contributed by atoms with Crippen LogP contribution in [0.2, 0.25) is 0 Å². The maximum atomic E-state index is 9.36. The van der Waals surface area contributed by atoms with Crippen molar-refractivity contribution >= 4 is 42.3 Å². The predicted octanol–water partition coefficient (Wildman–Crippen LogP) is 10.4. The summed E-state index contributed by atoms with van der Waals surface area (Å²) in [4.78, 5) is 8.25. The summed E-state index contributed by atoms with van der Waals surface area (Å²) in [6.45, 7) is 0. The number of nitriles is 2. The number of hydrogen-bond acceptors (Lipinski definition) is 5. The molecule has 0 saturated carbocycles. The van der Waals surface area contributed by atoms with E-state index < -0.39 is 0 Å². The van der Waals surface area contributed by atoms with Gasteiger partial charge in [-0.2, -0.15) is 10.5 Å². The number of aromatic nitrogens is 2. The Morgan fingerprint density at radius 1 is 0.444 bits per heavy atom. The second-order valence-corrected chi connectivity index (χ2v) is 12.0. The minimum atomic E-state index is 0.409. The van der Waals surface area contributed by atoms with Crippen molar-refractivity contribution in [1.29, 1.82) is 10.5 Å². The lowest BCUT2D eigenvalue weighted by Gasteiger charge is -2.11. The van der Waals surface area contributed by atoms with Gasteiger partial charge in [-0.3, -0.25) is 0 Å². The third-order valence-corrected chi connectivity index (χ3v) is 9.36. The van der Waals surface area contributed by atoms with Crippen LogP contribution < -0.4 is 0 Å². The van der Waals surface area contributed by atoms with E-state index in [1.54, 1.807) is 12.4 Å². The number of thiophene rings is 1. The molecule has 0 spiro atoms. The highest BCUT2D eigenvalue weighted by Gasteiger charge is 2.15. The fourth-order valence-corrected chi connectivity index (χ4v) is 7.35. The largest absolute Gasteiger partial charge is 0.246 e. The van der Waals surface area contributed by atoms with Crippen LogP contribution in [0.5, 0.6) is 0 Å². The van der Waals surface area contributed by atoms with Gasteiger partial charge in [0.1, 0.15) is 23.5 Å². The van der Waals surface area contributed by atoms with Crippen LogP contribution in [0.1, 0.15) is 11.4 Å². The standard InChI is InChI=1S/C40H22N4S/c41-23-32-19-29(13-15-43-32)26-6-3-5-25(17-26)28-11-12-36-38(21-28)45-39-22-37(34-9-1-2-10-35(34)40(36)39)31-8-4-7-27(18-31)30-14-16-44-33(20-30)24-42/h1-22H. The first kappa shape index (κ1) is 26.5. The summed E-state index contributed by atoms with van der Waals surface area (Å²) in [7, 11) is 0. The highest BCUT2D eigenvalue weighted by Crippen LogP contribution is 2.44. The first-order chi connectivity index (χ1) is 22.2. The van der Waals surface area contributed by atoms with Gasteiger partial charge in [0.2, 0.25) is 0 Å². The Balaban J connectivity index is 1.26. The van der Waals surface area contributed by atoms with Crippen molar-refractivity contribution < 1.29 is 0 Å². The molecule has 0 aliphatic heterocycles. The smallest absolute Gasteiger partial charge is 0.141 e. The second-order valence-electron chi connectivity index (χ2n) is 10.9. The van der Waals surface area contributed by atoms with Crippen LogP contribution in [0, 0.1) is 22.7 Å². The Bertz CT molecular complexity index is 2530. The van der Waals surface area contributed by atoms with E-state index in [1.807, 2.05) is 35.6 Å². The molecule has 45 heavy (non-hydrogen) atoms. The van der Waals surface area contributed by atoms with Crippen LogP contribution in [0.15, 0.2) is 134 Å². The van der Waals surface area contributed by atoms with Crippen molar-refractivity contribution in [3.05, 3.63) is 145 Å². The van der Waals surface area contributed by atoms with E-state index in [0.29, 0.717) is 11.4 Å². The molecule has 0 aliphatic rings. The Hall–Kier alpha value is -6.14. The lowest BCUT2D eigenvalue weighted by atomic mass is 9.93. The number of hydrogen-bond donors (Lipinski definition) is 0. The summed E-state index contributed by atoms with van der Waals surface area (Å²) in [6.07, 6.45) is 3.37. The summed E-state index contributed by atoms with van der Waals surface area (Å²) >= 11 is 1.82. The highest BCUT2D eigenvalue weighted by molar-refractivity contribution is 7.26. The number of fused-ring (bicyclic) bond motifs is 5. The van der Waals surface area contributed by atoms with Crippen LogP contribution >= 0.6 is 11.3 Å². The molecular formula is C40H22N4S. The van der Waals surface area contributed by atoms with Gasteiger partial charge in [-0.25, -0.2) is 9.97 Å². The van der Waals surface area contributed by atoms with Crippen LogP contribution in [-0.4, -0.2) is 9.97 Å². The van der Waals surface area contributed by atoms with E-state index in [2.05, 4.69) is 119 Å². The average molecular weight is 591 g/mol. The minimum Gasteiger partial charge on any atom is -0.246 e. The zero-order chi connectivity index (χ0) is 30.3. The molecule has 0 atom stereocenters. The Morgan fingerprint density at radius 2 is 1.00 bits per heavy atom. The van der Waals surface area contributed by atoms with Crippen LogP contribution in [0.4, 0.5) is 0 Å². The van der Waals surface area contributed by atoms with Crippen molar-refractivity contribution in [3.63, 3.8) is 0 Å². The summed E-state index contributed by atoms with van der Waals surface area (Å²) in [5.74, 6) is 0. The zero-order valence-corrected chi connectivity index (χ0v) is 24.7. The Kier molecular flexibility index (Phi) is 6.38. The topological polar surface area (TPSA) is 73.4 Å². The van der Waals surface area contributed by atoms with E-state index in [9.17, 15) is 10.5 Å². The summed E-state index contributed by atoms with van der Waals surface area (Å²) in [6, 6.07) is 46.5. The van der Waals surface area contributed by atoms with Gasteiger partial charge in [0.05, 0.1) is 0 Å². The van der Waals surface area contributed by atoms with Gasteiger partial charge in [0.15, 0.2) is 0 Å². The Labute approximate surface area is 263 Å². The third kappa shape index (κ3) is 4.69. The first-order valence-electron chi connectivity index (χ1n) is 14.5. The molecule has 0 radical (unpaired) electrons. The second kappa shape index (κ2) is 10.8. The summed E-state index contributed by atoms with van der Waals surface area (Å²) in [5.41, 5.74) is 9.46. The molecule has 208 valence electrons. The zero-order valence-electron chi connectivity index (χ0n) is 23.9. The van der Waals surface area contributed by atoms with Crippen molar-refractivity contribution in [1.82, 2.24) is 9.97 Å². The number of rotatable bonds is 4. The fraction of sp³-hybridized carbons (Fsp3) is 0. The third-order valence-electron chi connectivity index (χ3n) is 8.26. The molecule has 3 aromatic heterocycles. The van der Waals surface area contributed by atoms with Crippen LogP contribution in [0.25, 0.3) is 75.5 Å². The van der Waals surface area contributed by atoms with Crippen molar-refractivity contribution in [3.8, 4) is 56.6 Å². The van der Waals surface area contributed by atoms with Crippen molar-refractivity contribution in [2.24, 2.45) is 0 Å². The highest BCUT2D eigenvalue weighted by atomic mass is 32.1. The molecule has 0 fully saturated rings. The van der Waals surface area contributed by atoms with E-state index in [4.69, 9.17) is 0 Å². The predicted molar refractivity (Wildman–Crippen MR) is 184 cm³/mol. The first-order valence-corrected chi connectivity index (χ1v) is 15.3. The molecule has 0 amide bonds. The molecule has 0 N–H and O–H groups in total. The van der Waals surface area contributed by atoms with Crippen molar-refractivity contribution in [2.75, 3.05) is 0 Å². The average Bonchev–Trinajstić information content (AvgIpc) is 3.49. The van der Waals surface area contributed by atoms with E-state index in [1.165, 1.54) is 36.5 Å². The van der Waals surface area contributed by atoms with Gasteiger partial charge >= 0.3 is 0 Å². The van der Waals surface area contributed by atoms with Crippen LogP contribution in [0.3, 0.4) is 0 Å². The molecule has 8 aromatic rings. The van der Waals surface area contributed by atoms with Gasteiger partial charge in [0, 0.05) is 32.6 Å². The minimum absolute atomic E-state index is 0.409. The monoisotopic (exact) mass is 590 g/mol. The van der Waals surface area contributed by atoms with E-state index in [0.717, 1.165) is 38.9 Å². The maximum Gasteiger partial charge on any atom is 0.141 e. The molecule has 4 nitrogen and oxygen atoms in total. The quantitative estimate of drug-likeness (QED) is 0.204. The van der Waals surface area contributed by atoms with Gasteiger partial charge in [-0.15, -0.1) is 11.3 Å². The van der Waals surface area contributed by atoms with Crippen molar-refractivity contribution in [2.45, 2.75) is 0 Å². The molecule has 0 aliphatic carbocycles. The molecule has 5 aromatic carbocycles. The Morgan fingerprint density at radius 3 is 1.64 bits per heavy atom. The number of benzene rings is 5. The lowest BCUT2D eigenvalue weighted by Crippen LogP contribution is -1.86. The maximum absolute atomic E-state index is 9.36. The molecule has 3 heterocycles. The molecule has 5 heteroatoms. The number of pyridine rings is 2. The SMILES string of the molecule is N#Cc1cc(-c2cccc(-c3ccc4c(c3)sc3cc(-c5cccc(-c6ccnc(C#N)c6)c5)c5ccccc5c34)c2)ccn1. The van der Waals surface area contributed by atoms with Gasteiger partial charge in [-0.05, 0) is 104 Å². The van der Waals surface area contributed by atoms with Gasteiger partial charge < -0.3 is 0 Å². The van der Waals surface area contributed by atoms with Gasteiger partial charge in [0.25, 0.3) is 0 Å². The molecule has 0 unspecified atom stereocenters. The molecular weight excluding hydrogens is 569 g/mol. The van der Waals surface area contributed by atoms with E-state index >= 15 is 0 Å². The summed E-state index contributed by atoms with van der Waals surface area (Å²) in [5, 5.41) is 23.6. The normalized spacial score (nSPS) is 11.1. The molecule has 8 rings (SSSR count). The molecule has 0 saturated heterocycles. The number of nitrogens with zero attached hydrogens (tertiary/aromatic N) is 4. The molecule has 0 bridgehead atoms. The summed E-state index contributed by atoms with van der Waals surface area (Å²) < 4.78 is 2.48. The fourth-order valence-electron chi connectivity index (χ4n) is 6.15. The lowest BCUT2D eigenvalue weighted by molar-refractivity contribution is 1.26. The van der Waals surface area contributed by atoms with Gasteiger partial charge in [-0.1, -0.05) is 72.8 Å². The van der Waals surface area contributed by atoms with E-state index in [-0.39, 0.29) is 0 Å².